The predicted octanol–water partition coefficient (Wildman–Crippen LogP) is 2.88. The summed E-state index contributed by atoms with van der Waals surface area (Å²) in [7, 11) is 0. The molecular weight excluding hydrogens is 272 g/mol. The van der Waals surface area contributed by atoms with Crippen LogP contribution >= 0.6 is 15.9 Å². The number of rotatable bonds is 2. The van der Waals surface area contributed by atoms with Crippen LogP contribution in [-0.4, -0.2) is 5.91 Å². The van der Waals surface area contributed by atoms with Crippen LogP contribution < -0.4 is 11.1 Å². The lowest BCUT2D eigenvalue weighted by molar-refractivity contribution is 0.102. The standard InChI is InChI=1S/C11H9BrN2O2/c12-10-9(4-5-16-10)11(15)14-8-3-1-2-7(13)6-8/h1-6H,13H2,(H,14,15). The third kappa shape index (κ3) is 2.25. The van der Waals surface area contributed by atoms with Gasteiger partial charge in [-0.1, -0.05) is 6.07 Å². The Kier molecular flexibility index (Phi) is 2.96. The highest BCUT2D eigenvalue weighted by molar-refractivity contribution is 9.10. The molecular formula is C11H9BrN2O2. The highest BCUT2D eigenvalue weighted by Gasteiger charge is 2.12. The summed E-state index contributed by atoms with van der Waals surface area (Å²) in [5.41, 5.74) is 7.30. The number of hydrogen-bond donors (Lipinski definition) is 2. The molecule has 0 saturated heterocycles. The smallest absolute Gasteiger partial charge is 0.260 e. The van der Waals surface area contributed by atoms with Gasteiger partial charge in [-0.05, 0) is 40.2 Å². The molecule has 16 heavy (non-hydrogen) atoms. The summed E-state index contributed by atoms with van der Waals surface area (Å²) in [5, 5.41) is 2.72. The lowest BCUT2D eigenvalue weighted by Gasteiger charge is -2.04. The Morgan fingerprint density at radius 2 is 2.19 bits per heavy atom. The minimum atomic E-state index is -0.244. The lowest BCUT2D eigenvalue weighted by atomic mass is 10.2. The van der Waals surface area contributed by atoms with Crippen LogP contribution in [0.25, 0.3) is 0 Å². The molecule has 0 aliphatic rings. The van der Waals surface area contributed by atoms with Crippen LogP contribution in [0.4, 0.5) is 11.4 Å². The van der Waals surface area contributed by atoms with Crippen LogP contribution in [0.3, 0.4) is 0 Å². The number of carbonyl (C=O) groups excluding carboxylic acids is 1. The van der Waals surface area contributed by atoms with E-state index in [-0.39, 0.29) is 5.91 Å². The summed E-state index contributed by atoms with van der Waals surface area (Å²) >= 11 is 3.14. The van der Waals surface area contributed by atoms with E-state index in [4.69, 9.17) is 10.2 Å². The van der Waals surface area contributed by atoms with Crippen molar-refractivity contribution in [2.45, 2.75) is 0 Å². The number of anilines is 2. The minimum absolute atomic E-state index is 0.244. The normalized spacial score (nSPS) is 10.1. The van der Waals surface area contributed by atoms with Crippen molar-refractivity contribution in [3.8, 4) is 0 Å². The SMILES string of the molecule is Nc1cccc(NC(=O)c2ccoc2Br)c1. The Morgan fingerprint density at radius 1 is 1.38 bits per heavy atom. The molecule has 0 aliphatic heterocycles. The Morgan fingerprint density at radius 3 is 2.81 bits per heavy atom. The number of carbonyl (C=O) groups is 1. The van der Waals surface area contributed by atoms with Gasteiger partial charge in [0.15, 0.2) is 4.67 Å². The van der Waals surface area contributed by atoms with E-state index in [1.807, 2.05) is 0 Å². The monoisotopic (exact) mass is 280 g/mol. The third-order valence-corrected chi connectivity index (χ3v) is 2.62. The van der Waals surface area contributed by atoms with Gasteiger partial charge >= 0.3 is 0 Å². The molecule has 1 aromatic heterocycles. The fourth-order valence-corrected chi connectivity index (χ4v) is 1.69. The van der Waals surface area contributed by atoms with Gasteiger partial charge in [-0.25, -0.2) is 0 Å². The van der Waals surface area contributed by atoms with Crippen LogP contribution in [0.15, 0.2) is 45.7 Å². The highest BCUT2D eigenvalue weighted by Crippen LogP contribution is 2.19. The topological polar surface area (TPSA) is 68.3 Å². The fraction of sp³-hybridized carbons (Fsp3) is 0. The largest absolute Gasteiger partial charge is 0.457 e. The van der Waals surface area contributed by atoms with Crippen LogP contribution in [-0.2, 0) is 0 Å². The third-order valence-electron chi connectivity index (χ3n) is 2.01. The van der Waals surface area contributed by atoms with Gasteiger partial charge in [0.25, 0.3) is 5.91 Å². The minimum Gasteiger partial charge on any atom is -0.457 e. The first-order chi connectivity index (χ1) is 7.66. The zero-order valence-electron chi connectivity index (χ0n) is 8.24. The van der Waals surface area contributed by atoms with Crippen molar-refractivity contribution >= 4 is 33.2 Å². The Labute approximate surface area is 101 Å². The number of nitrogen functional groups attached to an aromatic ring is 1. The molecule has 0 unspecified atom stereocenters. The van der Waals surface area contributed by atoms with E-state index in [0.717, 1.165) is 0 Å². The quantitative estimate of drug-likeness (QED) is 0.832. The lowest BCUT2D eigenvalue weighted by Crippen LogP contribution is -2.11. The summed E-state index contributed by atoms with van der Waals surface area (Å²) in [5.74, 6) is -0.244. The van der Waals surface area contributed by atoms with Crippen molar-refractivity contribution < 1.29 is 9.21 Å². The molecule has 1 aromatic carbocycles. The van der Waals surface area contributed by atoms with E-state index in [1.165, 1.54) is 6.26 Å². The van der Waals surface area contributed by atoms with Crippen LogP contribution in [0.2, 0.25) is 0 Å². The summed E-state index contributed by atoms with van der Waals surface area (Å²) in [6.45, 7) is 0. The van der Waals surface area contributed by atoms with Gasteiger partial charge in [0.2, 0.25) is 0 Å². The molecule has 0 saturated carbocycles. The van der Waals surface area contributed by atoms with Crippen molar-refractivity contribution in [2.24, 2.45) is 0 Å². The Balaban J connectivity index is 2.17. The summed E-state index contributed by atoms with van der Waals surface area (Å²) < 4.78 is 5.39. The molecule has 0 bridgehead atoms. The van der Waals surface area contributed by atoms with E-state index in [2.05, 4.69) is 21.2 Å². The van der Waals surface area contributed by atoms with Crippen LogP contribution in [0.1, 0.15) is 10.4 Å². The first-order valence-corrected chi connectivity index (χ1v) is 5.36. The number of nitrogens with two attached hydrogens (primary N) is 1. The maximum absolute atomic E-state index is 11.8. The van der Waals surface area contributed by atoms with Gasteiger partial charge in [-0.2, -0.15) is 0 Å². The fourth-order valence-electron chi connectivity index (χ4n) is 1.27. The molecule has 2 rings (SSSR count). The first-order valence-electron chi connectivity index (χ1n) is 4.56. The number of halogens is 1. The van der Waals surface area contributed by atoms with Gasteiger partial charge in [0.1, 0.15) is 0 Å². The molecule has 0 fully saturated rings. The van der Waals surface area contributed by atoms with Crippen molar-refractivity contribution in [1.29, 1.82) is 0 Å². The summed E-state index contributed by atoms with van der Waals surface area (Å²) in [6.07, 6.45) is 1.44. The molecule has 0 aliphatic carbocycles. The van der Waals surface area contributed by atoms with Gasteiger partial charge in [0, 0.05) is 11.4 Å². The van der Waals surface area contributed by atoms with E-state index in [0.29, 0.717) is 21.6 Å². The zero-order valence-corrected chi connectivity index (χ0v) is 9.82. The molecule has 0 atom stereocenters. The Hall–Kier alpha value is -1.75. The predicted molar refractivity (Wildman–Crippen MR) is 65.2 cm³/mol. The number of amides is 1. The van der Waals surface area contributed by atoms with E-state index in [9.17, 15) is 4.79 Å². The molecule has 1 amide bonds. The molecule has 5 heteroatoms. The molecule has 82 valence electrons. The number of nitrogens with one attached hydrogen (secondary N) is 1. The highest BCUT2D eigenvalue weighted by atomic mass is 79.9. The number of benzene rings is 1. The maximum atomic E-state index is 11.8. The second-order valence-electron chi connectivity index (χ2n) is 3.19. The summed E-state index contributed by atoms with van der Waals surface area (Å²) in [4.78, 5) is 11.8. The second kappa shape index (κ2) is 4.40. The molecule has 3 N–H and O–H groups in total. The van der Waals surface area contributed by atoms with Gasteiger partial charge in [-0.15, -0.1) is 0 Å². The number of hydrogen-bond acceptors (Lipinski definition) is 3. The zero-order chi connectivity index (χ0) is 11.5. The van der Waals surface area contributed by atoms with Gasteiger partial charge < -0.3 is 15.5 Å². The average Bonchev–Trinajstić information content (AvgIpc) is 2.64. The van der Waals surface area contributed by atoms with Crippen molar-refractivity contribution in [2.75, 3.05) is 11.1 Å². The van der Waals surface area contributed by atoms with Gasteiger partial charge in [0.05, 0.1) is 11.8 Å². The van der Waals surface area contributed by atoms with Crippen molar-refractivity contribution in [1.82, 2.24) is 0 Å². The molecule has 4 nitrogen and oxygen atoms in total. The van der Waals surface area contributed by atoms with Crippen LogP contribution in [0.5, 0.6) is 0 Å². The van der Waals surface area contributed by atoms with Crippen LogP contribution in [0, 0.1) is 0 Å². The Bertz CT molecular complexity index is 522. The molecule has 0 radical (unpaired) electrons. The first kappa shape index (κ1) is 10.8. The molecule has 0 spiro atoms. The average molecular weight is 281 g/mol. The number of furan rings is 1. The van der Waals surface area contributed by atoms with E-state index in [1.54, 1.807) is 30.3 Å². The van der Waals surface area contributed by atoms with E-state index >= 15 is 0 Å². The molecule has 2 aromatic rings. The second-order valence-corrected chi connectivity index (χ2v) is 3.91. The van der Waals surface area contributed by atoms with Gasteiger partial charge in [-0.3, -0.25) is 4.79 Å². The van der Waals surface area contributed by atoms with Crippen molar-refractivity contribution in [3.05, 3.63) is 46.8 Å². The van der Waals surface area contributed by atoms with E-state index < -0.39 is 0 Å². The van der Waals surface area contributed by atoms with Crippen molar-refractivity contribution in [3.63, 3.8) is 0 Å². The summed E-state index contributed by atoms with van der Waals surface area (Å²) in [6, 6.07) is 8.57. The molecule has 1 heterocycles. The maximum Gasteiger partial charge on any atom is 0.260 e.